The molecule has 0 aliphatic heterocycles. The van der Waals surface area contributed by atoms with Gasteiger partial charge in [0.1, 0.15) is 17.3 Å². The fourth-order valence-electron chi connectivity index (χ4n) is 2.79. The van der Waals surface area contributed by atoms with Crippen molar-refractivity contribution in [3.05, 3.63) is 29.8 Å². The first-order chi connectivity index (χ1) is 13.6. The van der Waals surface area contributed by atoms with Crippen LogP contribution < -0.4 is 9.84 Å². The van der Waals surface area contributed by atoms with Gasteiger partial charge in [0.15, 0.2) is 0 Å². The molecule has 0 amide bonds. The molecule has 6 nitrogen and oxygen atoms in total. The number of halogens is 6. The number of carboxylic acid groups (broad SMARTS) is 1. The summed E-state index contributed by atoms with van der Waals surface area (Å²) in [6, 6.07) is 3.51. The van der Waals surface area contributed by atoms with Crippen LogP contribution in [0.2, 0.25) is 0 Å². The van der Waals surface area contributed by atoms with Gasteiger partial charge in [-0.15, -0.1) is 0 Å². The Morgan fingerprint density at radius 2 is 1.43 bits per heavy atom. The average Bonchev–Trinajstić information content (AvgIpc) is 3.07. The molecular weight excluding hydrogens is 426 g/mol. The summed E-state index contributed by atoms with van der Waals surface area (Å²) in [6.45, 7) is 1.73. The van der Waals surface area contributed by atoms with Crippen LogP contribution in [0.4, 0.5) is 26.3 Å². The molecular formula is C18H15F6O6-. The largest absolute Gasteiger partial charge is 0.544 e. The van der Waals surface area contributed by atoms with E-state index in [4.69, 9.17) is 4.74 Å². The number of carbonyl (C=O) groups is 3. The Kier molecular flexibility index (Phi) is 6.11. The Bertz CT molecular complexity index is 830. The Morgan fingerprint density at radius 3 is 1.90 bits per heavy atom. The predicted octanol–water partition coefficient (Wildman–Crippen LogP) is 2.74. The molecule has 0 aromatic heterocycles. The molecule has 0 unspecified atom stereocenters. The van der Waals surface area contributed by atoms with E-state index in [1.54, 1.807) is 6.92 Å². The van der Waals surface area contributed by atoms with Crippen LogP contribution in [0.1, 0.15) is 43.0 Å². The lowest BCUT2D eigenvalue weighted by Gasteiger charge is -2.31. The van der Waals surface area contributed by atoms with E-state index < -0.39 is 47.0 Å². The standard InChI is InChI=1S/C18H16F6O6/c1-15(8-2-3-9-15)30-12(25)10-4-6-11(7-5-10)29-14(28)17(21,22)18(23,24)16(19,20)13(26)27/h4-7H,2-3,8-9H2,1H3,(H,26,27)/p-1. The van der Waals surface area contributed by atoms with Crippen LogP contribution in [0, 0.1) is 0 Å². The molecule has 0 N–H and O–H groups in total. The summed E-state index contributed by atoms with van der Waals surface area (Å²) in [6.07, 6.45) is 3.03. The molecule has 0 heterocycles. The number of alkyl halides is 6. The molecule has 0 saturated heterocycles. The molecule has 166 valence electrons. The first kappa shape index (κ1) is 23.5. The van der Waals surface area contributed by atoms with Gasteiger partial charge in [-0.05, 0) is 56.9 Å². The SMILES string of the molecule is CC1(OC(=O)c2ccc(OC(=O)C(F)(F)C(F)(F)C(F)(F)C(=O)[O-])cc2)CCCC1. The third kappa shape index (κ3) is 4.21. The van der Waals surface area contributed by atoms with Crippen molar-refractivity contribution < 1.29 is 55.3 Å². The molecule has 2 rings (SSSR count). The van der Waals surface area contributed by atoms with Crippen LogP contribution in [0.5, 0.6) is 5.75 Å². The minimum atomic E-state index is -6.63. The van der Waals surface area contributed by atoms with Gasteiger partial charge in [-0.3, -0.25) is 0 Å². The molecule has 1 aliphatic carbocycles. The van der Waals surface area contributed by atoms with Crippen molar-refractivity contribution in [2.24, 2.45) is 0 Å². The van der Waals surface area contributed by atoms with Gasteiger partial charge >= 0.3 is 29.7 Å². The van der Waals surface area contributed by atoms with Crippen molar-refractivity contribution in [1.29, 1.82) is 0 Å². The van der Waals surface area contributed by atoms with E-state index in [-0.39, 0.29) is 5.56 Å². The highest BCUT2D eigenvalue weighted by atomic mass is 19.3. The maximum Gasteiger partial charge on any atom is 0.411 e. The summed E-state index contributed by atoms with van der Waals surface area (Å²) in [5, 5.41) is 10.1. The average molecular weight is 441 g/mol. The summed E-state index contributed by atoms with van der Waals surface area (Å²) in [5.74, 6) is -27.6. The second kappa shape index (κ2) is 7.80. The van der Waals surface area contributed by atoms with Crippen LogP contribution in [0.25, 0.3) is 0 Å². The molecule has 0 radical (unpaired) electrons. The maximum atomic E-state index is 13.5. The normalized spacial score (nSPS) is 16.8. The second-order valence-corrected chi connectivity index (χ2v) is 6.97. The van der Waals surface area contributed by atoms with E-state index in [1.807, 2.05) is 0 Å². The summed E-state index contributed by atoms with van der Waals surface area (Å²) in [5.41, 5.74) is -0.733. The van der Waals surface area contributed by atoms with Crippen molar-refractivity contribution in [1.82, 2.24) is 0 Å². The number of benzene rings is 1. The lowest BCUT2D eigenvalue weighted by molar-refractivity contribution is -0.365. The van der Waals surface area contributed by atoms with Crippen molar-refractivity contribution in [3.8, 4) is 5.75 Å². The fourth-order valence-corrected chi connectivity index (χ4v) is 2.79. The summed E-state index contributed by atoms with van der Waals surface area (Å²) in [4.78, 5) is 33.5. The Balaban J connectivity index is 2.11. The molecule has 1 aromatic carbocycles. The number of carboxylic acids is 1. The second-order valence-electron chi connectivity index (χ2n) is 6.97. The smallest absolute Gasteiger partial charge is 0.411 e. The first-order valence-corrected chi connectivity index (χ1v) is 8.55. The summed E-state index contributed by atoms with van der Waals surface area (Å²) >= 11 is 0. The van der Waals surface area contributed by atoms with Crippen molar-refractivity contribution in [3.63, 3.8) is 0 Å². The molecule has 12 heteroatoms. The Morgan fingerprint density at radius 1 is 0.933 bits per heavy atom. The van der Waals surface area contributed by atoms with Crippen LogP contribution in [-0.2, 0) is 14.3 Å². The van der Waals surface area contributed by atoms with E-state index in [2.05, 4.69) is 4.74 Å². The van der Waals surface area contributed by atoms with E-state index in [9.17, 15) is 45.8 Å². The molecule has 1 saturated carbocycles. The van der Waals surface area contributed by atoms with Gasteiger partial charge < -0.3 is 19.4 Å². The summed E-state index contributed by atoms with van der Waals surface area (Å²) < 4.78 is 88.8. The highest BCUT2D eigenvalue weighted by Gasteiger charge is 2.76. The number of esters is 2. The topological polar surface area (TPSA) is 92.7 Å². The molecule has 1 fully saturated rings. The van der Waals surface area contributed by atoms with Gasteiger partial charge in [0, 0.05) is 0 Å². The lowest BCUT2D eigenvalue weighted by Crippen LogP contribution is -2.64. The van der Waals surface area contributed by atoms with Crippen LogP contribution in [-0.4, -0.2) is 41.3 Å². The Labute approximate surface area is 165 Å². The third-order valence-electron chi connectivity index (χ3n) is 4.60. The van der Waals surface area contributed by atoms with Crippen LogP contribution in [0.15, 0.2) is 24.3 Å². The highest BCUT2D eigenvalue weighted by molar-refractivity contribution is 5.90. The van der Waals surface area contributed by atoms with Crippen LogP contribution >= 0.6 is 0 Å². The van der Waals surface area contributed by atoms with Gasteiger partial charge in [-0.25, -0.2) is 9.59 Å². The van der Waals surface area contributed by atoms with Crippen molar-refractivity contribution in [2.75, 3.05) is 0 Å². The maximum absolute atomic E-state index is 13.5. The number of aliphatic carboxylic acids is 1. The molecule has 0 bridgehead atoms. The van der Waals surface area contributed by atoms with E-state index in [0.717, 1.165) is 37.1 Å². The number of rotatable bonds is 7. The van der Waals surface area contributed by atoms with Gasteiger partial charge in [-0.1, -0.05) is 0 Å². The zero-order valence-electron chi connectivity index (χ0n) is 15.4. The van der Waals surface area contributed by atoms with Gasteiger partial charge in [-0.2, -0.15) is 26.3 Å². The third-order valence-corrected chi connectivity index (χ3v) is 4.60. The minimum absolute atomic E-state index is 0.0662. The molecule has 1 aromatic rings. The number of hydrogen-bond acceptors (Lipinski definition) is 6. The zero-order valence-corrected chi connectivity index (χ0v) is 15.4. The molecule has 0 atom stereocenters. The van der Waals surface area contributed by atoms with E-state index in [1.165, 1.54) is 0 Å². The quantitative estimate of drug-likeness (QED) is 0.367. The Hall–Kier alpha value is -2.79. The first-order valence-electron chi connectivity index (χ1n) is 8.55. The van der Waals surface area contributed by atoms with Crippen LogP contribution in [0.3, 0.4) is 0 Å². The molecule has 1 aliphatic rings. The fraction of sp³-hybridized carbons (Fsp3) is 0.500. The molecule has 0 spiro atoms. The lowest BCUT2D eigenvalue weighted by atomic mass is 10.0. The van der Waals surface area contributed by atoms with Crippen molar-refractivity contribution in [2.45, 2.75) is 56.0 Å². The number of hydrogen-bond donors (Lipinski definition) is 0. The predicted molar refractivity (Wildman–Crippen MR) is 84.2 cm³/mol. The number of carbonyl (C=O) groups excluding carboxylic acids is 3. The van der Waals surface area contributed by atoms with Gasteiger partial charge in [0.25, 0.3) is 0 Å². The zero-order chi connectivity index (χ0) is 23.0. The van der Waals surface area contributed by atoms with E-state index in [0.29, 0.717) is 12.8 Å². The van der Waals surface area contributed by atoms with Crippen molar-refractivity contribution >= 4 is 17.9 Å². The minimum Gasteiger partial charge on any atom is -0.544 e. The van der Waals surface area contributed by atoms with E-state index >= 15 is 0 Å². The molecule has 30 heavy (non-hydrogen) atoms. The number of ether oxygens (including phenoxy) is 2. The van der Waals surface area contributed by atoms with Gasteiger partial charge in [0.05, 0.1) is 5.56 Å². The highest BCUT2D eigenvalue weighted by Crippen LogP contribution is 2.46. The van der Waals surface area contributed by atoms with Gasteiger partial charge in [0.2, 0.25) is 0 Å². The summed E-state index contributed by atoms with van der Waals surface area (Å²) in [7, 11) is 0. The monoisotopic (exact) mass is 441 g/mol.